The zero-order valence-corrected chi connectivity index (χ0v) is 10.4. The van der Waals surface area contributed by atoms with E-state index >= 15 is 0 Å². The first-order chi connectivity index (χ1) is 8.76. The molecular formula is C13H16N4O. The Hall–Kier alpha value is -1.88. The van der Waals surface area contributed by atoms with Crippen molar-refractivity contribution in [1.29, 1.82) is 0 Å². The van der Waals surface area contributed by atoms with Crippen molar-refractivity contribution in [3.05, 3.63) is 41.6 Å². The normalized spacial score (nSPS) is 14.7. The third-order valence-corrected chi connectivity index (χ3v) is 3.25. The Morgan fingerprint density at radius 3 is 3.06 bits per heavy atom. The first kappa shape index (κ1) is 11.2. The Morgan fingerprint density at radius 2 is 2.22 bits per heavy atom. The summed E-state index contributed by atoms with van der Waals surface area (Å²) in [7, 11) is 0. The van der Waals surface area contributed by atoms with Gasteiger partial charge in [0, 0.05) is 31.2 Å². The molecule has 1 aliphatic heterocycles. The van der Waals surface area contributed by atoms with Gasteiger partial charge in [-0.1, -0.05) is 0 Å². The number of aryl methyl sites for hydroxylation is 1. The molecule has 2 aromatic rings. The van der Waals surface area contributed by atoms with Gasteiger partial charge in [-0.25, -0.2) is 9.97 Å². The van der Waals surface area contributed by atoms with Gasteiger partial charge in [0.25, 0.3) is 0 Å². The van der Waals surface area contributed by atoms with E-state index < -0.39 is 0 Å². The number of aliphatic hydroxyl groups excluding tert-OH is 1. The van der Waals surface area contributed by atoms with E-state index in [1.807, 2.05) is 31.5 Å². The van der Waals surface area contributed by atoms with E-state index in [2.05, 4.69) is 19.4 Å². The molecular weight excluding hydrogens is 228 g/mol. The van der Waals surface area contributed by atoms with Gasteiger partial charge in [0.15, 0.2) is 0 Å². The van der Waals surface area contributed by atoms with Crippen molar-refractivity contribution in [2.24, 2.45) is 0 Å². The molecule has 3 heterocycles. The molecule has 0 spiro atoms. The van der Waals surface area contributed by atoms with Crippen LogP contribution in [0.4, 0.5) is 5.82 Å². The van der Waals surface area contributed by atoms with Crippen LogP contribution >= 0.6 is 0 Å². The van der Waals surface area contributed by atoms with Crippen LogP contribution in [0.5, 0.6) is 0 Å². The van der Waals surface area contributed by atoms with Crippen LogP contribution in [0.2, 0.25) is 0 Å². The number of imidazole rings is 1. The summed E-state index contributed by atoms with van der Waals surface area (Å²) < 4.78 is 2.17. The van der Waals surface area contributed by atoms with E-state index in [9.17, 15) is 5.11 Å². The summed E-state index contributed by atoms with van der Waals surface area (Å²) >= 11 is 0. The highest BCUT2D eigenvalue weighted by atomic mass is 16.3. The largest absolute Gasteiger partial charge is 0.392 e. The summed E-state index contributed by atoms with van der Waals surface area (Å²) in [5.74, 6) is 1.99. The summed E-state index contributed by atoms with van der Waals surface area (Å²) in [6.07, 6.45) is 3.84. The molecule has 0 amide bonds. The van der Waals surface area contributed by atoms with E-state index in [1.54, 1.807) is 0 Å². The molecule has 5 nitrogen and oxygen atoms in total. The van der Waals surface area contributed by atoms with Crippen LogP contribution in [0.25, 0.3) is 0 Å². The molecule has 0 fully saturated rings. The average Bonchev–Trinajstić information content (AvgIpc) is 2.85. The Labute approximate surface area is 106 Å². The molecule has 0 unspecified atom stereocenters. The molecule has 0 aliphatic carbocycles. The van der Waals surface area contributed by atoms with Crippen molar-refractivity contribution >= 4 is 5.82 Å². The first-order valence-electron chi connectivity index (χ1n) is 6.09. The number of hydrogen-bond donors (Lipinski definition) is 1. The molecule has 0 saturated carbocycles. The molecule has 5 heteroatoms. The number of rotatable bonds is 2. The fourth-order valence-corrected chi connectivity index (χ4v) is 2.34. The van der Waals surface area contributed by atoms with E-state index in [0.717, 1.165) is 42.5 Å². The molecule has 0 bridgehead atoms. The van der Waals surface area contributed by atoms with E-state index in [1.165, 1.54) is 0 Å². The summed E-state index contributed by atoms with van der Waals surface area (Å²) in [4.78, 5) is 11.1. The third-order valence-electron chi connectivity index (χ3n) is 3.25. The van der Waals surface area contributed by atoms with Gasteiger partial charge in [0.2, 0.25) is 0 Å². The maximum absolute atomic E-state index is 9.25. The lowest BCUT2D eigenvalue weighted by Gasteiger charge is -2.29. The van der Waals surface area contributed by atoms with Crippen LogP contribution in [0.1, 0.15) is 17.1 Å². The molecule has 3 rings (SSSR count). The fourth-order valence-electron chi connectivity index (χ4n) is 2.34. The van der Waals surface area contributed by atoms with Gasteiger partial charge in [-0.2, -0.15) is 0 Å². The number of hydrogen-bond acceptors (Lipinski definition) is 4. The van der Waals surface area contributed by atoms with E-state index in [4.69, 9.17) is 0 Å². The zero-order valence-electron chi connectivity index (χ0n) is 10.4. The highest BCUT2D eigenvalue weighted by molar-refractivity contribution is 5.43. The van der Waals surface area contributed by atoms with Crippen molar-refractivity contribution in [3.8, 4) is 0 Å². The molecule has 94 valence electrons. The van der Waals surface area contributed by atoms with Crippen LogP contribution in [0.3, 0.4) is 0 Å². The van der Waals surface area contributed by atoms with Crippen molar-refractivity contribution < 1.29 is 5.11 Å². The topological polar surface area (TPSA) is 54.2 Å². The lowest BCUT2D eigenvalue weighted by molar-refractivity contribution is 0.281. The lowest BCUT2D eigenvalue weighted by Crippen LogP contribution is -2.34. The molecule has 1 aliphatic rings. The van der Waals surface area contributed by atoms with Gasteiger partial charge in [-0.05, 0) is 24.6 Å². The maximum atomic E-state index is 9.25. The van der Waals surface area contributed by atoms with E-state index in [0.29, 0.717) is 0 Å². The minimum Gasteiger partial charge on any atom is -0.392 e. The summed E-state index contributed by atoms with van der Waals surface area (Å²) in [5, 5.41) is 9.25. The smallest absolute Gasteiger partial charge is 0.129 e. The van der Waals surface area contributed by atoms with Crippen molar-refractivity contribution in [1.82, 2.24) is 14.5 Å². The minimum atomic E-state index is 0.0544. The van der Waals surface area contributed by atoms with Crippen LogP contribution in [0, 0.1) is 6.92 Å². The van der Waals surface area contributed by atoms with Gasteiger partial charge < -0.3 is 14.6 Å². The van der Waals surface area contributed by atoms with Crippen molar-refractivity contribution in [2.75, 3.05) is 11.4 Å². The van der Waals surface area contributed by atoms with Crippen LogP contribution in [0.15, 0.2) is 24.5 Å². The van der Waals surface area contributed by atoms with Crippen LogP contribution in [-0.2, 0) is 19.7 Å². The van der Waals surface area contributed by atoms with Gasteiger partial charge in [0.05, 0.1) is 13.2 Å². The molecule has 0 atom stereocenters. The first-order valence-corrected chi connectivity index (χ1v) is 6.09. The number of fused-ring (bicyclic) bond motifs is 1. The number of anilines is 1. The molecule has 18 heavy (non-hydrogen) atoms. The number of nitrogens with zero attached hydrogens (tertiary/aromatic N) is 4. The van der Waals surface area contributed by atoms with Crippen LogP contribution in [-0.4, -0.2) is 26.2 Å². The number of aromatic nitrogens is 3. The maximum Gasteiger partial charge on any atom is 0.129 e. The van der Waals surface area contributed by atoms with Crippen LogP contribution < -0.4 is 4.90 Å². The average molecular weight is 244 g/mol. The highest BCUT2D eigenvalue weighted by Crippen LogP contribution is 2.20. The van der Waals surface area contributed by atoms with Gasteiger partial charge in [-0.3, -0.25) is 0 Å². The number of aliphatic hydroxyl groups is 1. The second-order valence-corrected chi connectivity index (χ2v) is 4.59. The monoisotopic (exact) mass is 244 g/mol. The lowest BCUT2D eigenvalue weighted by atomic mass is 10.2. The molecule has 0 saturated heterocycles. The SMILES string of the molecule is Cc1cc(CO)cc(N2CCn3ccnc3C2)n1. The second-order valence-electron chi connectivity index (χ2n) is 4.59. The fraction of sp³-hybridized carbons (Fsp3) is 0.385. The number of pyridine rings is 1. The summed E-state index contributed by atoms with van der Waals surface area (Å²) in [5.41, 5.74) is 1.84. The molecule has 0 radical (unpaired) electrons. The molecule has 2 aromatic heterocycles. The predicted octanol–water partition coefficient (Wildman–Crippen LogP) is 1.10. The van der Waals surface area contributed by atoms with Gasteiger partial charge in [0.1, 0.15) is 11.6 Å². The van der Waals surface area contributed by atoms with Gasteiger partial charge >= 0.3 is 0 Å². The standard InChI is InChI=1S/C13H16N4O/c1-10-6-11(9-18)7-12(15-10)17-5-4-16-3-2-14-13(16)8-17/h2-3,6-7,18H,4-5,8-9H2,1H3. The predicted molar refractivity (Wildman–Crippen MR) is 68.2 cm³/mol. The highest BCUT2D eigenvalue weighted by Gasteiger charge is 2.18. The van der Waals surface area contributed by atoms with Gasteiger partial charge in [-0.15, -0.1) is 0 Å². The minimum absolute atomic E-state index is 0.0544. The second kappa shape index (κ2) is 4.42. The summed E-state index contributed by atoms with van der Waals surface area (Å²) in [6.45, 7) is 4.63. The Kier molecular flexibility index (Phi) is 2.76. The van der Waals surface area contributed by atoms with Crippen molar-refractivity contribution in [2.45, 2.75) is 26.6 Å². The molecule has 1 N–H and O–H groups in total. The van der Waals surface area contributed by atoms with Crippen molar-refractivity contribution in [3.63, 3.8) is 0 Å². The zero-order chi connectivity index (χ0) is 12.5. The molecule has 0 aromatic carbocycles. The Bertz CT molecular complexity index is 564. The Balaban J connectivity index is 1.90. The Morgan fingerprint density at radius 1 is 1.33 bits per heavy atom. The quantitative estimate of drug-likeness (QED) is 0.859. The summed E-state index contributed by atoms with van der Waals surface area (Å²) in [6, 6.07) is 3.86. The third kappa shape index (κ3) is 1.97. The van der Waals surface area contributed by atoms with E-state index in [-0.39, 0.29) is 6.61 Å².